The molecule has 2 aliphatic heterocycles. The van der Waals surface area contributed by atoms with Gasteiger partial charge in [-0.15, -0.1) is 0 Å². The molecule has 0 N–H and O–H groups in total. The van der Waals surface area contributed by atoms with Crippen molar-refractivity contribution in [3.8, 4) is 0 Å². The van der Waals surface area contributed by atoms with E-state index in [0.717, 1.165) is 38.5 Å². The standard InChI is InChI=1S/C18H29N3O5S/c1-24-12-8-18(7-2-9-21(13-18)27(22,23)15-3-4-15)17-19-16(26-20-17)14-5-10-25-11-6-14/h14-15H,2-13H2,1H3. The molecule has 1 unspecified atom stereocenters. The van der Waals surface area contributed by atoms with Gasteiger partial charge in [0.25, 0.3) is 0 Å². The molecule has 0 radical (unpaired) electrons. The Labute approximate surface area is 160 Å². The van der Waals surface area contributed by atoms with Gasteiger partial charge < -0.3 is 14.0 Å². The fraction of sp³-hybridized carbons (Fsp3) is 0.889. The second kappa shape index (κ2) is 7.77. The maximum absolute atomic E-state index is 12.8. The molecule has 0 spiro atoms. The number of rotatable bonds is 7. The van der Waals surface area contributed by atoms with Crippen LogP contribution in [0.2, 0.25) is 0 Å². The van der Waals surface area contributed by atoms with Crippen molar-refractivity contribution >= 4 is 10.0 Å². The molecule has 3 fully saturated rings. The van der Waals surface area contributed by atoms with Crippen molar-refractivity contribution in [1.29, 1.82) is 0 Å². The molecular weight excluding hydrogens is 370 g/mol. The number of sulfonamides is 1. The van der Waals surface area contributed by atoms with Gasteiger partial charge in [-0.1, -0.05) is 5.16 Å². The van der Waals surface area contributed by atoms with Gasteiger partial charge in [0.1, 0.15) is 0 Å². The summed E-state index contributed by atoms with van der Waals surface area (Å²) >= 11 is 0. The second-order valence-corrected chi connectivity index (χ2v) is 10.3. The average Bonchev–Trinajstić information content (AvgIpc) is 3.45. The summed E-state index contributed by atoms with van der Waals surface area (Å²) in [6.07, 6.45) is 5.66. The van der Waals surface area contributed by atoms with E-state index >= 15 is 0 Å². The Kier molecular flexibility index (Phi) is 5.55. The lowest BCUT2D eigenvalue weighted by Gasteiger charge is -2.40. The molecule has 4 rings (SSSR count). The molecule has 3 heterocycles. The van der Waals surface area contributed by atoms with Crippen molar-refractivity contribution in [2.75, 3.05) is 40.0 Å². The Balaban J connectivity index is 1.59. The van der Waals surface area contributed by atoms with E-state index in [-0.39, 0.29) is 11.2 Å². The van der Waals surface area contributed by atoms with Crippen LogP contribution >= 0.6 is 0 Å². The summed E-state index contributed by atoms with van der Waals surface area (Å²) in [5.41, 5.74) is -0.441. The first-order chi connectivity index (χ1) is 13.0. The van der Waals surface area contributed by atoms with Gasteiger partial charge in [-0.25, -0.2) is 12.7 Å². The molecule has 8 nitrogen and oxygen atoms in total. The van der Waals surface area contributed by atoms with E-state index in [4.69, 9.17) is 19.0 Å². The first-order valence-electron chi connectivity index (χ1n) is 9.95. The smallest absolute Gasteiger partial charge is 0.229 e. The Hall–Kier alpha value is -1.03. The molecule has 2 saturated heterocycles. The molecule has 0 aromatic carbocycles. The van der Waals surface area contributed by atoms with Crippen molar-refractivity contribution in [3.63, 3.8) is 0 Å². The zero-order chi connectivity index (χ0) is 18.9. The predicted octanol–water partition coefficient (Wildman–Crippen LogP) is 1.83. The maximum Gasteiger partial charge on any atom is 0.229 e. The summed E-state index contributed by atoms with van der Waals surface area (Å²) in [5, 5.41) is 4.12. The van der Waals surface area contributed by atoms with Crippen molar-refractivity contribution in [2.45, 2.75) is 61.5 Å². The molecule has 1 aliphatic carbocycles. The van der Waals surface area contributed by atoms with Gasteiger partial charge in [0.05, 0.1) is 5.25 Å². The van der Waals surface area contributed by atoms with Gasteiger partial charge in [-0.2, -0.15) is 4.98 Å². The van der Waals surface area contributed by atoms with Crippen LogP contribution in [0.25, 0.3) is 0 Å². The number of piperidine rings is 1. The highest BCUT2D eigenvalue weighted by atomic mass is 32.2. The van der Waals surface area contributed by atoms with Crippen LogP contribution in [0.5, 0.6) is 0 Å². The van der Waals surface area contributed by atoms with Crippen molar-refractivity contribution in [1.82, 2.24) is 14.4 Å². The Bertz CT molecular complexity index is 742. The zero-order valence-electron chi connectivity index (χ0n) is 15.9. The van der Waals surface area contributed by atoms with E-state index in [0.29, 0.717) is 51.0 Å². The molecule has 1 aromatic rings. The highest BCUT2D eigenvalue weighted by Crippen LogP contribution is 2.40. The lowest BCUT2D eigenvalue weighted by atomic mass is 9.77. The van der Waals surface area contributed by atoms with Crippen molar-refractivity contribution < 1.29 is 22.4 Å². The Morgan fingerprint density at radius 1 is 1.26 bits per heavy atom. The van der Waals surface area contributed by atoms with Crippen LogP contribution in [0, 0.1) is 0 Å². The van der Waals surface area contributed by atoms with Gasteiger partial charge in [-0.05, 0) is 44.9 Å². The minimum absolute atomic E-state index is 0.196. The fourth-order valence-corrected chi connectivity index (χ4v) is 6.20. The van der Waals surface area contributed by atoms with Gasteiger partial charge in [0.2, 0.25) is 15.9 Å². The number of hydrogen-bond acceptors (Lipinski definition) is 7. The summed E-state index contributed by atoms with van der Waals surface area (Å²) in [6, 6.07) is 0. The summed E-state index contributed by atoms with van der Waals surface area (Å²) < 4.78 is 43.6. The molecule has 1 saturated carbocycles. The maximum atomic E-state index is 12.8. The minimum atomic E-state index is -3.22. The van der Waals surface area contributed by atoms with Crippen LogP contribution in [0.1, 0.15) is 62.6 Å². The van der Waals surface area contributed by atoms with E-state index in [1.165, 1.54) is 0 Å². The quantitative estimate of drug-likeness (QED) is 0.690. The normalized spacial score (nSPS) is 28.5. The molecule has 0 amide bonds. The SMILES string of the molecule is COCCC1(c2noc(C3CCOCC3)n2)CCCN(S(=O)(=O)C2CC2)C1. The number of methoxy groups -OCH3 is 1. The summed E-state index contributed by atoms with van der Waals surface area (Å²) in [6.45, 7) is 2.97. The third-order valence-corrected chi connectivity index (χ3v) is 8.46. The third kappa shape index (κ3) is 3.92. The van der Waals surface area contributed by atoms with Crippen molar-refractivity contribution in [2.24, 2.45) is 0 Å². The average molecular weight is 400 g/mol. The first kappa shape index (κ1) is 19.3. The summed E-state index contributed by atoms with van der Waals surface area (Å²) in [5.74, 6) is 1.53. The molecule has 1 atom stereocenters. The van der Waals surface area contributed by atoms with Gasteiger partial charge in [-0.3, -0.25) is 0 Å². The van der Waals surface area contributed by atoms with Crippen molar-refractivity contribution in [3.05, 3.63) is 11.7 Å². The van der Waals surface area contributed by atoms with Crippen LogP contribution in [0.3, 0.4) is 0 Å². The first-order valence-corrected chi connectivity index (χ1v) is 11.5. The molecular formula is C18H29N3O5S. The summed E-state index contributed by atoms with van der Waals surface area (Å²) in [7, 11) is -1.55. The monoisotopic (exact) mass is 399 g/mol. The van der Waals surface area contributed by atoms with E-state index < -0.39 is 15.4 Å². The van der Waals surface area contributed by atoms with Gasteiger partial charge >= 0.3 is 0 Å². The zero-order valence-corrected chi connectivity index (χ0v) is 16.7. The Morgan fingerprint density at radius 3 is 2.74 bits per heavy atom. The van der Waals surface area contributed by atoms with E-state index in [9.17, 15) is 8.42 Å². The highest BCUT2D eigenvalue weighted by Gasteiger charge is 2.48. The number of nitrogens with zero attached hydrogens (tertiary/aromatic N) is 3. The fourth-order valence-electron chi connectivity index (χ4n) is 4.24. The largest absolute Gasteiger partial charge is 0.385 e. The van der Waals surface area contributed by atoms with Crippen LogP contribution in [-0.4, -0.2) is 68.1 Å². The predicted molar refractivity (Wildman–Crippen MR) is 98.0 cm³/mol. The topological polar surface area (TPSA) is 94.8 Å². The third-order valence-electron chi connectivity index (χ3n) is 6.12. The minimum Gasteiger partial charge on any atom is -0.385 e. The Morgan fingerprint density at radius 2 is 2.04 bits per heavy atom. The molecule has 3 aliphatic rings. The van der Waals surface area contributed by atoms with E-state index in [1.807, 2.05) is 0 Å². The highest BCUT2D eigenvalue weighted by molar-refractivity contribution is 7.90. The molecule has 1 aromatic heterocycles. The lowest BCUT2D eigenvalue weighted by Crippen LogP contribution is -2.50. The van der Waals surface area contributed by atoms with Gasteiger partial charge in [0, 0.05) is 51.4 Å². The number of hydrogen-bond donors (Lipinski definition) is 0. The summed E-state index contributed by atoms with van der Waals surface area (Å²) in [4.78, 5) is 4.75. The van der Waals surface area contributed by atoms with Crippen LogP contribution in [0.15, 0.2) is 4.52 Å². The van der Waals surface area contributed by atoms with E-state index in [1.54, 1.807) is 11.4 Å². The molecule has 27 heavy (non-hydrogen) atoms. The van der Waals surface area contributed by atoms with Crippen LogP contribution in [0.4, 0.5) is 0 Å². The van der Waals surface area contributed by atoms with Gasteiger partial charge in [0.15, 0.2) is 5.82 Å². The molecule has 9 heteroatoms. The second-order valence-electron chi connectivity index (χ2n) is 8.05. The lowest BCUT2D eigenvalue weighted by molar-refractivity contribution is 0.0778. The van der Waals surface area contributed by atoms with E-state index in [2.05, 4.69) is 5.16 Å². The molecule has 152 valence electrons. The van der Waals surface area contributed by atoms with Crippen LogP contribution < -0.4 is 0 Å². The number of aromatic nitrogens is 2. The van der Waals surface area contributed by atoms with Crippen LogP contribution in [-0.2, 0) is 24.9 Å². The number of ether oxygens (including phenoxy) is 2. The molecule has 0 bridgehead atoms.